The molecule has 0 amide bonds. The molecule has 0 atom stereocenters. The van der Waals surface area contributed by atoms with Gasteiger partial charge in [0, 0.05) is 47.8 Å². The molecular weight excluding hydrogens is 296 g/mol. The number of thiophene rings is 1. The van der Waals surface area contributed by atoms with Crippen LogP contribution >= 0.6 is 11.3 Å². The molecule has 0 saturated carbocycles. The minimum absolute atomic E-state index is 0.437. The predicted molar refractivity (Wildman–Crippen MR) is 89.6 cm³/mol. The Morgan fingerprint density at radius 2 is 2.05 bits per heavy atom. The first-order valence-electron chi connectivity index (χ1n) is 7.64. The Morgan fingerprint density at radius 3 is 2.73 bits per heavy atom. The summed E-state index contributed by atoms with van der Waals surface area (Å²) in [7, 11) is 1.63. The molecule has 118 valence electrons. The SMILES string of the molecule is COc1nccnc1NC1CCN(Cc2ccc(C)s2)CC1. The third-order valence-electron chi connectivity index (χ3n) is 3.96. The quantitative estimate of drug-likeness (QED) is 0.918. The fourth-order valence-electron chi connectivity index (χ4n) is 2.79. The zero-order chi connectivity index (χ0) is 15.4. The van der Waals surface area contributed by atoms with Crippen LogP contribution in [0, 0.1) is 6.92 Å². The van der Waals surface area contributed by atoms with E-state index < -0.39 is 0 Å². The molecular formula is C16H22N4OS. The van der Waals surface area contributed by atoms with Crippen LogP contribution in [-0.4, -0.2) is 41.1 Å². The minimum Gasteiger partial charge on any atom is -0.478 e. The molecule has 1 saturated heterocycles. The fraction of sp³-hybridized carbons (Fsp3) is 0.500. The third-order valence-corrected chi connectivity index (χ3v) is 4.95. The van der Waals surface area contributed by atoms with Crippen LogP contribution < -0.4 is 10.1 Å². The largest absolute Gasteiger partial charge is 0.478 e. The summed E-state index contributed by atoms with van der Waals surface area (Å²) in [5, 5.41) is 3.47. The van der Waals surface area contributed by atoms with Crippen molar-refractivity contribution >= 4 is 17.2 Å². The lowest BCUT2D eigenvalue weighted by atomic mass is 10.1. The molecule has 0 spiro atoms. The van der Waals surface area contributed by atoms with Gasteiger partial charge in [-0.25, -0.2) is 9.97 Å². The molecule has 1 aliphatic heterocycles. The molecule has 0 aromatic carbocycles. The Hall–Kier alpha value is -1.66. The Bertz CT molecular complexity index is 608. The maximum Gasteiger partial charge on any atom is 0.257 e. The van der Waals surface area contributed by atoms with Gasteiger partial charge in [0.2, 0.25) is 0 Å². The number of hydrogen-bond donors (Lipinski definition) is 1. The molecule has 3 heterocycles. The molecule has 5 nitrogen and oxygen atoms in total. The number of hydrogen-bond acceptors (Lipinski definition) is 6. The Balaban J connectivity index is 1.51. The van der Waals surface area contributed by atoms with E-state index in [1.54, 1.807) is 19.5 Å². The van der Waals surface area contributed by atoms with E-state index in [1.165, 1.54) is 9.75 Å². The zero-order valence-electron chi connectivity index (χ0n) is 13.1. The van der Waals surface area contributed by atoms with Gasteiger partial charge in [0.15, 0.2) is 5.82 Å². The standard InChI is InChI=1S/C16H22N4OS/c1-12-3-4-14(22-12)11-20-9-5-13(6-10-20)19-15-16(21-2)18-8-7-17-15/h3-4,7-8,13H,5-6,9-11H2,1-2H3,(H,17,19). The molecule has 22 heavy (non-hydrogen) atoms. The molecule has 0 bridgehead atoms. The van der Waals surface area contributed by atoms with Crippen LogP contribution in [-0.2, 0) is 6.54 Å². The Kier molecular flexibility index (Phi) is 4.90. The van der Waals surface area contributed by atoms with Crippen LogP contribution in [0.4, 0.5) is 5.82 Å². The lowest BCUT2D eigenvalue weighted by molar-refractivity contribution is 0.212. The molecule has 2 aromatic heterocycles. The van der Waals surface area contributed by atoms with Gasteiger partial charge in [-0.1, -0.05) is 0 Å². The first-order chi connectivity index (χ1) is 10.7. The summed E-state index contributed by atoms with van der Waals surface area (Å²) in [5.74, 6) is 1.32. The van der Waals surface area contributed by atoms with Crippen LogP contribution in [0.15, 0.2) is 24.5 Å². The first-order valence-corrected chi connectivity index (χ1v) is 8.45. The van der Waals surface area contributed by atoms with Crippen molar-refractivity contribution < 1.29 is 4.74 Å². The summed E-state index contributed by atoms with van der Waals surface area (Å²) < 4.78 is 5.24. The molecule has 1 N–H and O–H groups in total. The van der Waals surface area contributed by atoms with E-state index in [2.05, 4.69) is 39.2 Å². The van der Waals surface area contributed by atoms with Gasteiger partial charge in [-0.15, -0.1) is 11.3 Å². The monoisotopic (exact) mass is 318 g/mol. The number of nitrogens with one attached hydrogen (secondary N) is 1. The van der Waals surface area contributed by atoms with Crippen LogP contribution in [0.3, 0.4) is 0 Å². The van der Waals surface area contributed by atoms with Crippen molar-refractivity contribution in [1.29, 1.82) is 0 Å². The number of rotatable bonds is 5. The van der Waals surface area contributed by atoms with E-state index in [0.717, 1.165) is 38.3 Å². The lowest BCUT2D eigenvalue weighted by Crippen LogP contribution is -2.38. The van der Waals surface area contributed by atoms with Crippen molar-refractivity contribution in [3.63, 3.8) is 0 Å². The van der Waals surface area contributed by atoms with Crippen LogP contribution in [0.2, 0.25) is 0 Å². The Morgan fingerprint density at radius 1 is 1.27 bits per heavy atom. The van der Waals surface area contributed by atoms with Crippen molar-refractivity contribution in [2.45, 2.75) is 32.4 Å². The maximum atomic E-state index is 5.24. The van der Waals surface area contributed by atoms with Crippen LogP contribution in [0.5, 0.6) is 5.88 Å². The second-order valence-corrected chi connectivity index (χ2v) is 6.99. The molecule has 3 rings (SSSR count). The number of aryl methyl sites for hydroxylation is 1. The first kappa shape index (κ1) is 15.2. The van der Waals surface area contributed by atoms with Gasteiger partial charge >= 0.3 is 0 Å². The van der Waals surface area contributed by atoms with Gasteiger partial charge in [-0.05, 0) is 31.9 Å². The third kappa shape index (κ3) is 3.75. The number of ether oxygens (including phenoxy) is 1. The summed E-state index contributed by atoms with van der Waals surface area (Å²) in [5.41, 5.74) is 0. The van der Waals surface area contributed by atoms with Crippen molar-refractivity contribution in [3.05, 3.63) is 34.3 Å². The minimum atomic E-state index is 0.437. The molecule has 1 fully saturated rings. The summed E-state index contributed by atoms with van der Waals surface area (Å²) in [6.45, 7) is 5.45. The van der Waals surface area contributed by atoms with Gasteiger partial charge in [0.1, 0.15) is 0 Å². The van der Waals surface area contributed by atoms with Crippen LogP contribution in [0.1, 0.15) is 22.6 Å². The number of anilines is 1. The van der Waals surface area contributed by atoms with E-state index in [-0.39, 0.29) is 0 Å². The van der Waals surface area contributed by atoms with Crippen molar-refractivity contribution in [2.24, 2.45) is 0 Å². The van der Waals surface area contributed by atoms with E-state index in [0.29, 0.717) is 11.9 Å². The van der Waals surface area contributed by atoms with Crippen LogP contribution in [0.25, 0.3) is 0 Å². The number of nitrogens with zero attached hydrogens (tertiary/aromatic N) is 3. The van der Waals surface area contributed by atoms with Gasteiger partial charge < -0.3 is 10.1 Å². The summed E-state index contributed by atoms with van der Waals surface area (Å²) in [6.07, 6.45) is 5.57. The lowest BCUT2D eigenvalue weighted by Gasteiger charge is -2.32. The highest BCUT2D eigenvalue weighted by Crippen LogP contribution is 2.23. The smallest absolute Gasteiger partial charge is 0.257 e. The second kappa shape index (κ2) is 7.07. The van der Waals surface area contributed by atoms with Gasteiger partial charge in [0.25, 0.3) is 5.88 Å². The molecule has 2 aromatic rings. The highest BCUT2D eigenvalue weighted by atomic mass is 32.1. The predicted octanol–water partition coefficient (Wildman–Crippen LogP) is 2.93. The number of aromatic nitrogens is 2. The average molecular weight is 318 g/mol. The number of methoxy groups -OCH3 is 1. The molecule has 1 aliphatic rings. The molecule has 0 radical (unpaired) electrons. The number of likely N-dealkylation sites (tertiary alicyclic amines) is 1. The van der Waals surface area contributed by atoms with E-state index >= 15 is 0 Å². The summed E-state index contributed by atoms with van der Waals surface area (Å²) in [4.78, 5) is 13.9. The normalized spacial score (nSPS) is 16.6. The topological polar surface area (TPSA) is 50.3 Å². The van der Waals surface area contributed by atoms with E-state index in [1.807, 2.05) is 11.3 Å². The van der Waals surface area contributed by atoms with E-state index in [9.17, 15) is 0 Å². The highest BCUT2D eigenvalue weighted by Gasteiger charge is 2.21. The molecule has 0 unspecified atom stereocenters. The number of piperidine rings is 1. The van der Waals surface area contributed by atoms with E-state index in [4.69, 9.17) is 4.74 Å². The maximum absolute atomic E-state index is 5.24. The fourth-order valence-corrected chi connectivity index (χ4v) is 3.73. The van der Waals surface area contributed by atoms with Gasteiger partial charge in [-0.2, -0.15) is 0 Å². The van der Waals surface area contributed by atoms with Crippen molar-refractivity contribution in [1.82, 2.24) is 14.9 Å². The van der Waals surface area contributed by atoms with Crippen molar-refractivity contribution in [3.8, 4) is 5.88 Å². The van der Waals surface area contributed by atoms with Crippen molar-refractivity contribution in [2.75, 3.05) is 25.5 Å². The summed E-state index contributed by atoms with van der Waals surface area (Å²) in [6, 6.07) is 4.88. The van der Waals surface area contributed by atoms with Gasteiger partial charge in [0.05, 0.1) is 7.11 Å². The Labute approximate surface area is 135 Å². The zero-order valence-corrected chi connectivity index (χ0v) is 13.9. The average Bonchev–Trinajstić information content (AvgIpc) is 2.95. The highest BCUT2D eigenvalue weighted by molar-refractivity contribution is 7.11. The summed E-state index contributed by atoms with van der Waals surface area (Å²) >= 11 is 1.90. The van der Waals surface area contributed by atoms with Gasteiger partial charge in [-0.3, -0.25) is 4.90 Å². The molecule has 0 aliphatic carbocycles. The molecule has 6 heteroatoms. The second-order valence-electron chi connectivity index (χ2n) is 5.62.